The summed E-state index contributed by atoms with van der Waals surface area (Å²) in [6.07, 6.45) is -3.32. The quantitative estimate of drug-likeness (QED) is 0.121. The Morgan fingerprint density at radius 1 is 0.405 bits per heavy atom. The Hall–Kier alpha value is -0.633. The fourth-order valence-corrected chi connectivity index (χ4v) is 4.17. The molecule has 2 aromatic rings. The Bertz CT molecular complexity index is 892. The van der Waals surface area contributed by atoms with Crippen LogP contribution in [0.15, 0.2) is 48.5 Å². The molecule has 0 spiro atoms. The average Bonchev–Trinajstić information content (AvgIpc) is 2.78. The van der Waals surface area contributed by atoms with E-state index in [1.807, 2.05) is 48.5 Å². The number of hydrogen-bond acceptors (Lipinski definition) is 8. The zero-order valence-corrected chi connectivity index (χ0v) is 29.3. The van der Waals surface area contributed by atoms with Gasteiger partial charge in [-0.05, 0) is 47.9 Å². The maximum atomic E-state index is 9.36. The Labute approximate surface area is 277 Å². The molecule has 0 saturated heterocycles. The number of aliphatic hydroxyl groups is 8. The first-order valence-corrected chi connectivity index (χ1v) is 13.7. The van der Waals surface area contributed by atoms with Crippen LogP contribution in [0.5, 0.6) is 0 Å². The van der Waals surface area contributed by atoms with Gasteiger partial charge in [0.15, 0.2) is 25.2 Å². The Balaban J connectivity index is 0. The molecule has 0 atom stereocenters. The van der Waals surface area contributed by atoms with Gasteiger partial charge >= 0.3 is 0 Å². The van der Waals surface area contributed by atoms with E-state index >= 15 is 0 Å². The van der Waals surface area contributed by atoms with Crippen molar-refractivity contribution in [1.82, 2.24) is 0 Å². The molecule has 0 bridgehead atoms. The molecule has 2 rings (SSSR count). The van der Waals surface area contributed by atoms with Crippen LogP contribution in [0.3, 0.4) is 0 Å². The smallest absolute Gasteiger partial charge is 0.156 e. The molecule has 246 valence electrons. The number of benzene rings is 2. The van der Waals surface area contributed by atoms with Gasteiger partial charge in [-0.2, -0.15) is 0 Å². The van der Waals surface area contributed by atoms with Gasteiger partial charge < -0.3 is 40.9 Å². The molecule has 2 aromatic carbocycles. The van der Waals surface area contributed by atoms with Crippen LogP contribution in [-0.2, 0) is 64.6 Å². The molecule has 8 N–H and O–H groups in total. The molecule has 0 aromatic heterocycles. The van der Waals surface area contributed by atoms with Crippen LogP contribution in [0.2, 0.25) is 0 Å². The van der Waals surface area contributed by atoms with Gasteiger partial charge in [0.2, 0.25) is 0 Å². The van der Waals surface area contributed by atoms with E-state index < -0.39 is 46.8 Å². The predicted molar refractivity (Wildman–Crippen MR) is 156 cm³/mol. The van der Waals surface area contributed by atoms with Crippen molar-refractivity contribution < 1.29 is 79.8 Å². The Morgan fingerprint density at radius 3 is 0.714 bits per heavy atom. The molecule has 0 saturated carbocycles. The van der Waals surface area contributed by atoms with Gasteiger partial charge in [-0.25, -0.2) is 0 Å². The predicted octanol–water partition coefficient (Wildman–Crippen LogP) is 2.89. The van der Waals surface area contributed by atoms with E-state index in [0.717, 1.165) is 22.3 Å². The third kappa shape index (κ3) is 14.4. The monoisotopic (exact) mass is 770 g/mol. The normalized spacial score (nSPS) is 12.7. The second-order valence-electron chi connectivity index (χ2n) is 13.8. The van der Waals surface area contributed by atoms with Crippen LogP contribution in [0.1, 0.15) is 77.6 Å². The van der Waals surface area contributed by atoms with Crippen molar-refractivity contribution in [1.29, 1.82) is 0 Å². The van der Waals surface area contributed by atoms with Crippen LogP contribution in [0.4, 0.5) is 0 Å². The summed E-state index contributed by atoms with van der Waals surface area (Å²) in [6, 6.07) is 15.5. The third-order valence-electron chi connectivity index (χ3n) is 7.42. The zero-order valence-electron chi connectivity index (χ0n) is 26.0. The summed E-state index contributed by atoms with van der Waals surface area (Å²) < 4.78 is 0. The third-order valence-corrected chi connectivity index (χ3v) is 7.42. The standard InChI is InChI=1S/2C16H26O4.2Rh/c2*1-15(2,13(17)18)9-11-6-5-7-12(8-11)10-16(3,4)14(19)20;;/h2*5-8,13-14,17-20H,9-10H2,1-4H3;;. The van der Waals surface area contributed by atoms with Gasteiger partial charge in [0.25, 0.3) is 0 Å². The van der Waals surface area contributed by atoms with Crippen LogP contribution >= 0.6 is 0 Å². The van der Waals surface area contributed by atoms with E-state index in [1.54, 1.807) is 55.4 Å². The summed E-state index contributed by atoms with van der Waals surface area (Å²) in [4.78, 5) is 0. The van der Waals surface area contributed by atoms with Crippen molar-refractivity contribution in [2.45, 2.75) is 106 Å². The Kier molecular flexibility index (Phi) is 18.4. The molecule has 10 heteroatoms. The summed E-state index contributed by atoms with van der Waals surface area (Å²) in [5.74, 6) is 0. The second-order valence-corrected chi connectivity index (χ2v) is 13.8. The topological polar surface area (TPSA) is 162 Å². The number of hydrogen-bond donors (Lipinski definition) is 8. The molecule has 0 aliphatic rings. The average molecular weight is 771 g/mol. The van der Waals surface area contributed by atoms with Crippen LogP contribution in [0.25, 0.3) is 0 Å². The summed E-state index contributed by atoms with van der Waals surface area (Å²) in [5, 5.41) is 74.9. The summed E-state index contributed by atoms with van der Waals surface area (Å²) in [5.41, 5.74) is 1.53. The van der Waals surface area contributed by atoms with Crippen molar-refractivity contribution in [2.24, 2.45) is 21.7 Å². The SMILES string of the molecule is CC(C)(Cc1cccc(CC(C)(C)C(O)O)c1)C(O)O.CC(C)(Cc1cccc(CC(C)(C)C(O)O)c1)C(O)O.[Rh].[Rh]. The molecule has 0 aliphatic heterocycles. The van der Waals surface area contributed by atoms with E-state index in [1.165, 1.54) is 0 Å². The summed E-state index contributed by atoms with van der Waals surface area (Å²) >= 11 is 0. The van der Waals surface area contributed by atoms with E-state index in [9.17, 15) is 40.9 Å². The molecule has 0 fully saturated rings. The minimum Gasteiger partial charge on any atom is -0.368 e. The van der Waals surface area contributed by atoms with Gasteiger partial charge in [-0.15, -0.1) is 0 Å². The van der Waals surface area contributed by atoms with Crippen LogP contribution in [0, 0.1) is 21.7 Å². The molecular formula is C32H52O8Rh2. The van der Waals surface area contributed by atoms with Crippen molar-refractivity contribution >= 4 is 0 Å². The largest absolute Gasteiger partial charge is 0.368 e. The maximum absolute atomic E-state index is 9.36. The fraction of sp³-hybridized carbons (Fsp3) is 0.625. The molecule has 8 nitrogen and oxygen atoms in total. The number of aliphatic hydroxyl groups excluding tert-OH is 4. The molecular weight excluding hydrogens is 718 g/mol. The van der Waals surface area contributed by atoms with Gasteiger partial charge in [0.1, 0.15) is 0 Å². The van der Waals surface area contributed by atoms with Gasteiger partial charge in [0.05, 0.1) is 0 Å². The second kappa shape index (κ2) is 17.7. The van der Waals surface area contributed by atoms with E-state index in [-0.39, 0.29) is 39.0 Å². The van der Waals surface area contributed by atoms with E-state index in [0.29, 0.717) is 25.7 Å². The van der Waals surface area contributed by atoms with Gasteiger partial charge in [-0.1, -0.05) is 104 Å². The summed E-state index contributed by atoms with van der Waals surface area (Å²) in [7, 11) is 0. The summed E-state index contributed by atoms with van der Waals surface area (Å²) in [6.45, 7) is 14.4. The first kappa shape index (κ1) is 43.5. The van der Waals surface area contributed by atoms with Gasteiger partial charge in [0, 0.05) is 60.6 Å². The van der Waals surface area contributed by atoms with Crippen LogP contribution < -0.4 is 0 Å². The van der Waals surface area contributed by atoms with Crippen molar-refractivity contribution in [3.8, 4) is 0 Å². The van der Waals surface area contributed by atoms with E-state index in [4.69, 9.17) is 0 Å². The van der Waals surface area contributed by atoms with E-state index in [2.05, 4.69) is 0 Å². The minimum atomic E-state index is -1.37. The maximum Gasteiger partial charge on any atom is 0.156 e. The fourth-order valence-electron chi connectivity index (χ4n) is 4.17. The first-order valence-electron chi connectivity index (χ1n) is 13.7. The molecule has 0 unspecified atom stereocenters. The van der Waals surface area contributed by atoms with Gasteiger partial charge in [-0.3, -0.25) is 0 Å². The Morgan fingerprint density at radius 2 is 0.571 bits per heavy atom. The van der Waals surface area contributed by atoms with Crippen LogP contribution in [-0.4, -0.2) is 66.0 Å². The van der Waals surface area contributed by atoms with Crippen molar-refractivity contribution in [3.63, 3.8) is 0 Å². The molecule has 0 heterocycles. The van der Waals surface area contributed by atoms with Crippen molar-refractivity contribution in [2.75, 3.05) is 0 Å². The molecule has 2 radical (unpaired) electrons. The zero-order chi connectivity index (χ0) is 31.1. The minimum absolute atomic E-state index is 0. The molecule has 0 aliphatic carbocycles. The number of rotatable bonds is 12. The first-order chi connectivity index (χ1) is 18.1. The van der Waals surface area contributed by atoms with Crippen molar-refractivity contribution in [3.05, 3.63) is 70.8 Å². The molecule has 42 heavy (non-hydrogen) atoms. The molecule has 0 amide bonds.